The molecule has 0 radical (unpaired) electrons. The van der Waals surface area contributed by atoms with Crippen molar-refractivity contribution in [1.29, 1.82) is 0 Å². The zero-order valence-corrected chi connectivity index (χ0v) is 19.6. The second-order valence-electron chi connectivity index (χ2n) is 8.94. The number of anilines is 1. The monoisotopic (exact) mass is 453 g/mol. The van der Waals surface area contributed by atoms with Gasteiger partial charge in [-0.15, -0.1) is 11.6 Å². The maximum absolute atomic E-state index is 13.0. The summed E-state index contributed by atoms with van der Waals surface area (Å²) in [4.78, 5) is 14.7. The van der Waals surface area contributed by atoms with Gasteiger partial charge >= 0.3 is 6.09 Å². The summed E-state index contributed by atoms with van der Waals surface area (Å²) < 4.78 is 17.4. The van der Waals surface area contributed by atoms with Gasteiger partial charge in [0.1, 0.15) is 23.7 Å². The molecule has 0 N–H and O–H groups in total. The summed E-state index contributed by atoms with van der Waals surface area (Å²) in [7, 11) is 1.64. The van der Waals surface area contributed by atoms with Crippen LogP contribution in [0.2, 0.25) is 0 Å². The summed E-state index contributed by atoms with van der Waals surface area (Å²) >= 11 is 6.35. The molecule has 0 bridgehead atoms. The number of halogens is 1. The highest BCUT2D eigenvalue weighted by atomic mass is 35.5. The molecule has 0 saturated heterocycles. The van der Waals surface area contributed by atoms with E-state index in [2.05, 4.69) is 0 Å². The Morgan fingerprint density at radius 2 is 1.84 bits per heavy atom. The lowest BCUT2D eigenvalue weighted by molar-refractivity contribution is 0.0582. The van der Waals surface area contributed by atoms with Gasteiger partial charge < -0.3 is 14.2 Å². The third-order valence-corrected chi connectivity index (χ3v) is 5.84. The zero-order chi connectivity index (χ0) is 22.9. The zero-order valence-electron chi connectivity index (χ0n) is 18.9. The predicted octanol–water partition coefficient (Wildman–Crippen LogP) is 6.50. The lowest BCUT2D eigenvalue weighted by Gasteiger charge is -2.25. The Morgan fingerprint density at radius 3 is 2.50 bits per heavy atom. The highest BCUT2D eigenvalue weighted by Gasteiger charge is 2.37. The lowest BCUT2D eigenvalue weighted by atomic mass is 9.95. The van der Waals surface area contributed by atoms with Crippen LogP contribution in [0.4, 0.5) is 10.5 Å². The second-order valence-corrected chi connectivity index (χ2v) is 9.24. The highest BCUT2D eigenvalue weighted by molar-refractivity contribution is 6.19. The molecule has 6 heteroatoms. The molecule has 3 aromatic carbocycles. The first-order valence-electron chi connectivity index (χ1n) is 10.7. The Bertz CT molecular complexity index is 1120. The number of hydrogen-bond acceptors (Lipinski definition) is 4. The number of ether oxygens (including phenoxy) is 3. The van der Waals surface area contributed by atoms with E-state index in [4.69, 9.17) is 25.8 Å². The standard InChI is InChI=1S/C26H28ClNO4/c1-26(2,3)32-25(29)28-15-18(14-27)24-21-12-19(30-4)10-11-20(21)23(13-22(24)28)31-16-17-8-6-5-7-9-17/h5-13,18H,14-16H2,1-4H3. The summed E-state index contributed by atoms with van der Waals surface area (Å²) in [5.74, 6) is 1.82. The van der Waals surface area contributed by atoms with Gasteiger partial charge in [-0.05, 0) is 55.5 Å². The van der Waals surface area contributed by atoms with Gasteiger partial charge in [0.05, 0.1) is 12.8 Å². The summed E-state index contributed by atoms with van der Waals surface area (Å²) in [6.07, 6.45) is -0.386. The van der Waals surface area contributed by atoms with Crippen molar-refractivity contribution in [1.82, 2.24) is 0 Å². The highest BCUT2D eigenvalue weighted by Crippen LogP contribution is 2.47. The Balaban J connectivity index is 1.82. The van der Waals surface area contributed by atoms with Crippen molar-refractivity contribution in [2.45, 2.75) is 38.9 Å². The van der Waals surface area contributed by atoms with Gasteiger partial charge in [-0.1, -0.05) is 30.3 Å². The lowest BCUT2D eigenvalue weighted by Crippen LogP contribution is -2.36. The van der Waals surface area contributed by atoms with E-state index in [1.54, 1.807) is 12.0 Å². The normalized spacial score (nSPS) is 15.5. The SMILES string of the molecule is COc1ccc2c(OCc3ccccc3)cc3c(c2c1)C(CCl)CN3C(=O)OC(C)(C)C. The van der Waals surface area contributed by atoms with E-state index in [9.17, 15) is 4.79 Å². The number of hydrogen-bond donors (Lipinski definition) is 0. The Hall–Kier alpha value is -2.92. The molecule has 0 saturated carbocycles. The van der Waals surface area contributed by atoms with E-state index in [-0.39, 0.29) is 12.0 Å². The number of alkyl halides is 1. The smallest absolute Gasteiger partial charge is 0.414 e. The van der Waals surface area contributed by atoms with Crippen LogP contribution in [0.1, 0.15) is 37.8 Å². The van der Waals surface area contributed by atoms with Crippen molar-refractivity contribution in [3.63, 3.8) is 0 Å². The predicted molar refractivity (Wildman–Crippen MR) is 128 cm³/mol. The molecule has 1 unspecified atom stereocenters. The van der Waals surface area contributed by atoms with Crippen LogP contribution in [0.25, 0.3) is 10.8 Å². The van der Waals surface area contributed by atoms with Crippen molar-refractivity contribution in [2.24, 2.45) is 0 Å². The average Bonchev–Trinajstić information content (AvgIpc) is 3.15. The molecule has 3 aromatic rings. The van der Waals surface area contributed by atoms with Gasteiger partial charge in [-0.3, -0.25) is 4.90 Å². The Labute approximate surface area is 193 Å². The van der Waals surface area contributed by atoms with Crippen LogP contribution in [0.15, 0.2) is 54.6 Å². The van der Waals surface area contributed by atoms with E-state index < -0.39 is 5.60 Å². The van der Waals surface area contributed by atoms with E-state index in [1.807, 2.05) is 75.4 Å². The third-order valence-electron chi connectivity index (χ3n) is 5.47. The molecule has 1 heterocycles. The Morgan fingerprint density at radius 1 is 1.09 bits per heavy atom. The fourth-order valence-electron chi connectivity index (χ4n) is 4.04. The molecule has 32 heavy (non-hydrogen) atoms. The van der Waals surface area contributed by atoms with Crippen molar-refractivity contribution in [3.8, 4) is 11.5 Å². The van der Waals surface area contributed by atoms with Crippen molar-refractivity contribution < 1.29 is 19.0 Å². The number of benzene rings is 3. The maximum atomic E-state index is 13.0. The summed E-state index contributed by atoms with van der Waals surface area (Å²) in [5.41, 5.74) is 2.26. The van der Waals surface area contributed by atoms with E-state index in [0.717, 1.165) is 33.3 Å². The molecule has 0 spiro atoms. The van der Waals surface area contributed by atoms with Crippen LogP contribution in [0, 0.1) is 0 Å². The molecule has 4 rings (SSSR count). The van der Waals surface area contributed by atoms with Crippen LogP contribution in [0.3, 0.4) is 0 Å². The van der Waals surface area contributed by atoms with Crippen LogP contribution in [0.5, 0.6) is 11.5 Å². The second kappa shape index (κ2) is 8.91. The molecule has 1 atom stereocenters. The fraction of sp³-hybridized carbons (Fsp3) is 0.346. The van der Waals surface area contributed by atoms with Crippen LogP contribution in [-0.4, -0.2) is 31.2 Å². The number of fused-ring (bicyclic) bond motifs is 3. The van der Waals surface area contributed by atoms with Crippen molar-refractivity contribution in [3.05, 3.63) is 65.7 Å². The van der Waals surface area contributed by atoms with E-state index >= 15 is 0 Å². The maximum Gasteiger partial charge on any atom is 0.414 e. The first-order valence-corrected chi connectivity index (χ1v) is 11.2. The van der Waals surface area contributed by atoms with Gasteiger partial charge in [0.2, 0.25) is 0 Å². The van der Waals surface area contributed by atoms with Crippen molar-refractivity contribution in [2.75, 3.05) is 24.4 Å². The van der Waals surface area contributed by atoms with Crippen LogP contribution >= 0.6 is 11.6 Å². The molecule has 5 nitrogen and oxygen atoms in total. The summed E-state index contributed by atoms with van der Waals surface area (Å²) in [5, 5.41) is 1.93. The third kappa shape index (κ3) is 4.49. The molecule has 168 valence electrons. The molecule has 1 aliphatic rings. The largest absolute Gasteiger partial charge is 0.497 e. The molecule has 1 amide bonds. The number of carbonyl (C=O) groups is 1. The van der Waals surface area contributed by atoms with Crippen LogP contribution < -0.4 is 14.4 Å². The summed E-state index contributed by atoms with van der Waals surface area (Å²) in [6, 6.07) is 17.8. The van der Waals surface area contributed by atoms with Gasteiger partial charge in [-0.2, -0.15) is 0 Å². The molecule has 1 aliphatic heterocycles. The molecule has 0 aliphatic carbocycles. The minimum atomic E-state index is -0.594. The molecular weight excluding hydrogens is 426 g/mol. The van der Waals surface area contributed by atoms with Gasteiger partial charge in [0, 0.05) is 29.8 Å². The number of methoxy groups -OCH3 is 1. The quantitative estimate of drug-likeness (QED) is 0.413. The first-order chi connectivity index (χ1) is 15.3. The minimum absolute atomic E-state index is 0.0167. The number of carbonyl (C=O) groups excluding carboxylic acids is 1. The van der Waals surface area contributed by atoms with E-state index in [0.29, 0.717) is 24.8 Å². The number of amides is 1. The molecule has 0 aromatic heterocycles. The van der Waals surface area contributed by atoms with Crippen LogP contribution in [-0.2, 0) is 11.3 Å². The number of nitrogens with zero attached hydrogens (tertiary/aromatic N) is 1. The van der Waals surface area contributed by atoms with Gasteiger partial charge in [0.25, 0.3) is 0 Å². The number of rotatable bonds is 5. The van der Waals surface area contributed by atoms with Gasteiger partial charge in [-0.25, -0.2) is 4.79 Å². The van der Waals surface area contributed by atoms with E-state index in [1.165, 1.54) is 0 Å². The Kier molecular flexibility index (Phi) is 6.20. The first kappa shape index (κ1) is 22.3. The fourth-order valence-corrected chi connectivity index (χ4v) is 4.29. The van der Waals surface area contributed by atoms with Crippen molar-refractivity contribution >= 4 is 34.2 Å². The minimum Gasteiger partial charge on any atom is -0.497 e. The molecular formula is C26H28ClNO4. The summed E-state index contributed by atoms with van der Waals surface area (Å²) in [6.45, 7) is 6.47. The molecule has 0 fully saturated rings. The average molecular weight is 454 g/mol. The topological polar surface area (TPSA) is 48.0 Å². The van der Waals surface area contributed by atoms with Gasteiger partial charge in [0.15, 0.2) is 0 Å².